The summed E-state index contributed by atoms with van der Waals surface area (Å²) in [5.74, 6) is 0. The summed E-state index contributed by atoms with van der Waals surface area (Å²) in [6.07, 6.45) is 2.53. The van der Waals surface area contributed by atoms with E-state index in [9.17, 15) is 5.26 Å². The molecule has 1 N–H and O–H groups in total. The van der Waals surface area contributed by atoms with Gasteiger partial charge >= 0.3 is 0 Å². The first-order chi connectivity index (χ1) is 10.8. The van der Waals surface area contributed by atoms with Crippen LogP contribution in [0, 0.1) is 11.3 Å². The third-order valence-electron chi connectivity index (χ3n) is 4.06. The maximum absolute atomic E-state index is 9.28. The number of halogens is 1. The molecule has 2 heterocycles. The second kappa shape index (κ2) is 7.15. The van der Waals surface area contributed by atoms with Crippen LogP contribution in [0.2, 0.25) is 5.02 Å². The van der Waals surface area contributed by atoms with E-state index in [0.29, 0.717) is 16.6 Å². The zero-order chi connectivity index (χ0) is 15.4. The molecule has 1 fully saturated rings. The largest absolute Gasteiger partial charge is 0.382 e. The lowest BCUT2D eigenvalue weighted by Gasteiger charge is -2.27. The van der Waals surface area contributed by atoms with Crippen LogP contribution in [-0.4, -0.2) is 24.5 Å². The topological polar surface area (TPSA) is 39.1 Å². The summed E-state index contributed by atoms with van der Waals surface area (Å²) < 4.78 is 0. The zero-order valence-corrected chi connectivity index (χ0v) is 13.8. The summed E-state index contributed by atoms with van der Waals surface area (Å²) >= 11 is 7.89. The molecule has 1 aromatic carbocycles. The molecule has 3 rings (SSSR count). The van der Waals surface area contributed by atoms with Crippen molar-refractivity contribution in [1.82, 2.24) is 4.90 Å². The Kier molecular flexibility index (Phi) is 4.99. The second-order valence-corrected chi connectivity index (χ2v) is 6.82. The minimum absolute atomic E-state index is 0.355. The molecule has 22 heavy (non-hydrogen) atoms. The van der Waals surface area contributed by atoms with E-state index in [1.54, 1.807) is 17.4 Å². The average molecular weight is 332 g/mol. The van der Waals surface area contributed by atoms with Gasteiger partial charge in [-0.2, -0.15) is 5.26 Å². The zero-order valence-electron chi connectivity index (χ0n) is 12.3. The van der Waals surface area contributed by atoms with Crippen LogP contribution in [0.25, 0.3) is 0 Å². The van der Waals surface area contributed by atoms with E-state index in [1.165, 1.54) is 17.7 Å². The maximum atomic E-state index is 9.28. The molecule has 5 heteroatoms. The van der Waals surface area contributed by atoms with Gasteiger partial charge in [-0.3, -0.25) is 4.90 Å². The number of nitrogens with zero attached hydrogens (tertiary/aromatic N) is 2. The van der Waals surface area contributed by atoms with Gasteiger partial charge in [0.25, 0.3) is 0 Å². The minimum atomic E-state index is 0.355. The Morgan fingerprint density at radius 2 is 2.09 bits per heavy atom. The molecule has 3 nitrogen and oxygen atoms in total. The lowest BCUT2D eigenvalue weighted by molar-refractivity contribution is 0.259. The number of anilines is 1. The maximum Gasteiger partial charge on any atom is 0.103 e. The molecule has 0 unspecified atom stereocenters. The fraction of sp³-hybridized carbons (Fsp3) is 0.353. The van der Waals surface area contributed by atoms with E-state index < -0.39 is 0 Å². The van der Waals surface area contributed by atoms with Crippen molar-refractivity contribution in [2.75, 3.05) is 25.0 Å². The molecular weight excluding hydrogens is 314 g/mol. The Morgan fingerprint density at radius 1 is 1.27 bits per heavy atom. The van der Waals surface area contributed by atoms with Crippen molar-refractivity contribution in [3.05, 3.63) is 51.2 Å². The molecule has 0 bridgehead atoms. The Balaban J connectivity index is 1.77. The van der Waals surface area contributed by atoms with Gasteiger partial charge in [-0.05, 0) is 49.5 Å². The highest BCUT2D eigenvalue weighted by atomic mass is 35.5. The van der Waals surface area contributed by atoms with Gasteiger partial charge in [-0.1, -0.05) is 23.7 Å². The fourth-order valence-electron chi connectivity index (χ4n) is 2.94. The number of benzene rings is 1. The molecule has 1 aliphatic rings. The van der Waals surface area contributed by atoms with Crippen molar-refractivity contribution in [2.45, 2.75) is 18.9 Å². The quantitative estimate of drug-likeness (QED) is 0.875. The van der Waals surface area contributed by atoms with Crippen LogP contribution >= 0.6 is 22.9 Å². The highest BCUT2D eigenvalue weighted by molar-refractivity contribution is 7.10. The summed E-state index contributed by atoms with van der Waals surface area (Å²) in [6, 6.07) is 12.4. The molecule has 1 aromatic heterocycles. The molecule has 2 aromatic rings. The molecule has 0 spiro atoms. The highest BCUT2D eigenvalue weighted by Crippen LogP contribution is 2.30. The number of rotatable bonds is 5. The Hall–Kier alpha value is -1.54. The number of nitriles is 1. The van der Waals surface area contributed by atoms with Gasteiger partial charge in [0, 0.05) is 11.4 Å². The lowest BCUT2D eigenvalue weighted by Crippen LogP contribution is -2.30. The van der Waals surface area contributed by atoms with Crippen LogP contribution in [0.4, 0.5) is 5.69 Å². The monoisotopic (exact) mass is 331 g/mol. The van der Waals surface area contributed by atoms with Crippen molar-refractivity contribution in [1.29, 1.82) is 5.26 Å². The number of likely N-dealkylation sites (tertiary alicyclic amines) is 1. The van der Waals surface area contributed by atoms with Crippen molar-refractivity contribution in [2.24, 2.45) is 0 Å². The number of thiophene rings is 1. The minimum Gasteiger partial charge on any atom is -0.382 e. The van der Waals surface area contributed by atoms with Crippen LogP contribution < -0.4 is 5.32 Å². The molecule has 1 aliphatic heterocycles. The van der Waals surface area contributed by atoms with Gasteiger partial charge in [0.15, 0.2) is 0 Å². The first-order valence-electron chi connectivity index (χ1n) is 7.49. The van der Waals surface area contributed by atoms with E-state index in [1.807, 2.05) is 12.1 Å². The highest BCUT2D eigenvalue weighted by Gasteiger charge is 2.24. The van der Waals surface area contributed by atoms with E-state index >= 15 is 0 Å². The van der Waals surface area contributed by atoms with Crippen LogP contribution in [0.5, 0.6) is 0 Å². The standard InChI is InChI=1S/C17H18ClN3S/c18-14-5-3-6-15(13(14)11-19)20-12-16(17-7-4-10-22-17)21-8-1-2-9-21/h3-7,10,16,20H,1-2,8-9,12H2/t16-/m0/s1. The number of hydrogen-bond acceptors (Lipinski definition) is 4. The summed E-state index contributed by atoms with van der Waals surface area (Å²) in [5.41, 5.74) is 1.34. The first-order valence-corrected chi connectivity index (χ1v) is 8.75. The first kappa shape index (κ1) is 15.4. The average Bonchev–Trinajstić information content (AvgIpc) is 3.21. The van der Waals surface area contributed by atoms with Crippen LogP contribution in [0.1, 0.15) is 29.3 Å². The predicted octanol–water partition coefficient (Wildman–Crippen LogP) is 4.52. The smallest absolute Gasteiger partial charge is 0.103 e. The van der Waals surface area contributed by atoms with E-state index in [-0.39, 0.29) is 0 Å². The van der Waals surface area contributed by atoms with Crippen LogP contribution in [-0.2, 0) is 0 Å². The van der Waals surface area contributed by atoms with Gasteiger partial charge in [-0.15, -0.1) is 11.3 Å². The molecule has 0 saturated carbocycles. The van der Waals surface area contributed by atoms with Gasteiger partial charge in [0.05, 0.1) is 22.3 Å². The van der Waals surface area contributed by atoms with E-state index in [0.717, 1.165) is 25.3 Å². The molecule has 0 amide bonds. The molecule has 0 aliphatic carbocycles. The SMILES string of the molecule is N#Cc1c(Cl)cccc1NC[C@@H](c1cccs1)N1CCCC1. The van der Waals surface area contributed by atoms with E-state index in [4.69, 9.17) is 11.6 Å². The lowest BCUT2D eigenvalue weighted by atomic mass is 10.1. The van der Waals surface area contributed by atoms with E-state index in [2.05, 4.69) is 33.8 Å². The Bertz CT molecular complexity index is 657. The summed E-state index contributed by atoms with van der Waals surface area (Å²) in [5, 5.41) is 15.3. The van der Waals surface area contributed by atoms with Crippen molar-refractivity contribution in [3.63, 3.8) is 0 Å². The van der Waals surface area contributed by atoms with Crippen molar-refractivity contribution in [3.8, 4) is 6.07 Å². The normalized spacial score (nSPS) is 16.4. The molecule has 0 radical (unpaired) electrons. The summed E-state index contributed by atoms with van der Waals surface area (Å²) in [6.45, 7) is 3.07. The summed E-state index contributed by atoms with van der Waals surface area (Å²) in [7, 11) is 0. The van der Waals surface area contributed by atoms with Gasteiger partial charge < -0.3 is 5.32 Å². The van der Waals surface area contributed by atoms with Crippen LogP contribution in [0.3, 0.4) is 0 Å². The van der Waals surface area contributed by atoms with Gasteiger partial charge in [-0.25, -0.2) is 0 Å². The molecule has 114 valence electrons. The van der Waals surface area contributed by atoms with Crippen molar-refractivity contribution >= 4 is 28.6 Å². The summed E-state index contributed by atoms with van der Waals surface area (Å²) in [4.78, 5) is 3.89. The predicted molar refractivity (Wildman–Crippen MR) is 92.5 cm³/mol. The second-order valence-electron chi connectivity index (χ2n) is 5.43. The Morgan fingerprint density at radius 3 is 2.77 bits per heavy atom. The number of hydrogen-bond donors (Lipinski definition) is 1. The van der Waals surface area contributed by atoms with Crippen LogP contribution in [0.15, 0.2) is 35.7 Å². The fourth-order valence-corrected chi connectivity index (χ4v) is 4.01. The van der Waals surface area contributed by atoms with Gasteiger partial charge in [0.1, 0.15) is 6.07 Å². The third-order valence-corrected chi connectivity index (χ3v) is 5.35. The third kappa shape index (κ3) is 3.27. The number of nitrogens with one attached hydrogen (secondary N) is 1. The van der Waals surface area contributed by atoms with Crippen molar-refractivity contribution < 1.29 is 0 Å². The molecular formula is C17H18ClN3S. The van der Waals surface area contributed by atoms with Gasteiger partial charge in [0.2, 0.25) is 0 Å². The molecule has 1 saturated heterocycles. The Labute approximate surface area is 140 Å². The molecule has 1 atom stereocenters.